The SMILES string of the molecule is Cn1nc(C(=O)CC2CCN(CCN3CCC[C@H]3CO)CC2)c2ccc(N3CCCCCC3)nc21. The molecule has 0 aromatic carbocycles. The molecule has 0 aliphatic carbocycles. The minimum absolute atomic E-state index is 0.154. The second-order valence-electron chi connectivity index (χ2n) is 10.8. The highest BCUT2D eigenvalue weighted by molar-refractivity contribution is 6.05. The third kappa shape index (κ3) is 5.70. The maximum Gasteiger partial charge on any atom is 0.184 e. The molecule has 0 saturated carbocycles. The van der Waals surface area contributed by atoms with Crippen LogP contribution in [0, 0.1) is 5.92 Å². The predicted octanol–water partition coefficient (Wildman–Crippen LogP) is 3.09. The van der Waals surface area contributed by atoms with Gasteiger partial charge in [0.2, 0.25) is 0 Å². The molecule has 3 saturated heterocycles. The highest BCUT2D eigenvalue weighted by Gasteiger charge is 2.27. The average molecular weight is 483 g/mol. The van der Waals surface area contributed by atoms with Crippen molar-refractivity contribution in [2.75, 3.05) is 57.3 Å². The van der Waals surface area contributed by atoms with Crippen LogP contribution in [0.1, 0.15) is 68.3 Å². The van der Waals surface area contributed by atoms with E-state index >= 15 is 0 Å². The molecule has 192 valence electrons. The summed E-state index contributed by atoms with van der Waals surface area (Å²) in [4.78, 5) is 25.5. The van der Waals surface area contributed by atoms with E-state index in [0.717, 1.165) is 81.9 Å². The van der Waals surface area contributed by atoms with Gasteiger partial charge in [0.1, 0.15) is 11.5 Å². The Labute approximate surface area is 209 Å². The molecule has 0 radical (unpaired) electrons. The zero-order valence-electron chi connectivity index (χ0n) is 21.4. The van der Waals surface area contributed by atoms with E-state index < -0.39 is 0 Å². The first-order chi connectivity index (χ1) is 17.1. The summed E-state index contributed by atoms with van der Waals surface area (Å²) in [6, 6.07) is 4.49. The van der Waals surface area contributed by atoms with Gasteiger partial charge in [0, 0.05) is 45.7 Å². The number of fused-ring (bicyclic) bond motifs is 1. The number of carbonyl (C=O) groups excluding carboxylic acids is 1. The number of aromatic nitrogens is 3. The number of hydrogen-bond donors (Lipinski definition) is 1. The quantitative estimate of drug-likeness (QED) is 0.580. The smallest absolute Gasteiger partial charge is 0.184 e. The molecule has 8 heteroatoms. The van der Waals surface area contributed by atoms with E-state index in [1.165, 1.54) is 32.1 Å². The maximum absolute atomic E-state index is 13.3. The first-order valence-electron chi connectivity index (χ1n) is 13.8. The van der Waals surface area contributed by atoms with Crippen LogP contribution in [0.2, 0.25) is 0 Å². The topological polar surface area (TPSA) is 77.7 Å². The predicted molar refractivity (Wildman–Crippen MR) is 139 cm³/mol. The van der Waals surface area contributed by atoms with Crippen molar-refractivity contribution in [1.82, 2.24) is 24.6 Å². The zero-order chi connectivity index (χ0) is 24.2. The monoisotopic (exact) mass is 482 g/mol. The maximum atomic E-state index is 13.3. The Bertz CT molecular complexity index is 991. The molecule has 2 aromatic heterocycles. The second-order valence-corrected chi connectivity index (χ2v) is 10.8. The lowest BCUT2D eigenvalue weighted by molar-refractivity contribution is 0.0909. The van der Waals surface area contributed by atoms with Gasteiger partial charge >= 0.3 is 0 Å². The highest BCUT2D eigenvalue weighted by Crippen LogP contribution is 2.27. The summed E-state index contributed by atoms with van der Waals surface area (Å²) in [6.45, 7) is 7.72. The second kappa shape index (κ2) is 11.4. The van der Waals surface area contributed by atoms with Crippen molar-refractivity contribution in [3.63, 3.8) is 0 Å². The van der Waals surface area contributed by atoms with Crippen molar-refractivity contribution in [2.24, 2.45) is 13.0 Å². The Morgan fingerprint density at radius 2 is 1.74 bits per heavy atom. The zero-order valence-corrected chi connectivity index (χ0v) is 21.4. The summed E-state index contributed by atoms with van der Waals surface area (Å²) in [5.74, 6) is 1.59. The van der Waals surface area contributed by atoms with E-state index in [-0.39, 0.29) is 12.4 Å². The van der Waals surface area contributed by atoms with Crippen LogP contribution in [0.3, 0.4) is 0 Å². The number of piperidine rings is 1. The van der Waals surface area contributed by atoms with E-state index in [1.807, 2.05) is 7.05 Å². The van der Waals surface area contributed by atoms with Crippen molar-refractivity contribution in [3.05, 3.63) is 17.8 Å². The lowest BCUT2D eigenvalue weighted by Crippen LogP contribution is -2.42. The third-order valence-corrected chi connectivity index (χ3v) is 8.46. The van der Waals surface area contributed by atoms with Gasteiger partial charge in [-0.2, -0.15) is 5.10 Å². The van der Waals surface area contributed by atoms with Gasteiger partial charge in [0.15, 0.2) is 11.4 Å². The van der Waals surface area contributed by atoms with Crippen molar-refractivity contribution in [3.8, 4) is 0 Å². The molecule has 0 bridgehead atoms. The number of aliphatic hydroxyl groups excluding tert-OH is 1. The first-order valence-corrected chi connectivity index (χ1v) is 13.8. The molecule has 0 amide bonds. The average Bonchev–Trinajstić information content (AvgIpc) is 3.36. The van der Waals surface area contributed by atoms with Gasteiger partial charge in [0.25, 0.3) is 0 Å². The fourth-order valence-electron chi connectivity index (χ4n) is 6.24. The molecule has 1 atom stereocenters. The molecule has 5 heterocycles. The number of pyridine rings is 1. The van der Waals surface area contributed by atoms with Crippen LogP contribution in [0.25, 0.3) is 11.0 Å². The Morgan fingerprint density at radius 1 is 0.971 bits per heavy atom. The van der Waals surface area contributed by atoms with Gasteiger partial charge in [-0.3, -0.25) is 9.69 Å². The van der Waals surface area contributed by atoms with Crippen molar-refractivity contribution < 1.29 is 9.90 Å². The number of aryl methyl sites for hydroxylation is 1. The molecule has 3 aliphatic heterocycles. The summed E-state index contributed by atoms with van der Waals surface area (Å²) >= 11 is 0. The Balaban J connectivity index is 1.16. The lowest BCUT2D eigenvalue weighted by Gasteiger charge is -2.33. The largest absolute Gasteiger partial charge is 0.395 e. The van der Waals surface area contributed by atoms with Gasteiger partial charge in [-0.25, -0.2) is 9.67 Å². The molecule has 0 unspecified atom stereocenters. The minimum Gasteiger partial charge on any atom is -0.395 e. The number of ketones is 1. The fourth-order valence-corrected chi connectivity index (χ4v) is 6.24. The van der Waals surface area contributed by atoms with Crippen LogP contribution < -0.4 is 4.90 Å². The Kier molecular flexibility index (Phi) is 8.00. The van der Waals surface area contributed by atoms with E-state index in [9.17, 15) is 9.90 Å². The molecule has 3 fully saturated rings. The first kappa shape index (κ1) is 24.7. The molecule has 3 aliphatic rings. The molecule has 8 nitrogen and oxygen atoms in total. The van der Waals surface area contributed by atoms with Crippen LogP contribution >= 0.6 is 0 Å². The molecular weight excluding hydrogens is 440 g/mol. The van der Waals surface area contributed by atoms with Gasteiger partial charge in [-0.15, -0.1) is 0 Å². The van der Waals surface area contributed by atoms with Crippen LogP contribution in [-0.2, 0) is 7.05 Å². The van der Waals surface area contributed by atoms with Crippen molar-refractivity contribution in [2.45, 2.75) is 63.8 Å². The number of aliphatic hydroxyl groups is 1. The van der Waals surface area contributed by atoms with E-state index in [4.69, 9.17) is 4.98 Å². The normalized spacial score (nSPS) is 23.3. The standard InChI is InChI=1S/C27H42N6O2/c1-30-27-23(8-9-25(28-27)33-12-4-2-3-5-13-33)26(29-30)24(35)19-21-10-15-31(16-11-21)17-18-32-14-6-7-22(32)20-34/h8-9,21-22,34H,2-7,10-20H2,1H3/t22-/m0/s1. The van der Waals surface area contributed by atoms with Crippen molar-refractivity contribution in [1.29, 1.82) is 0 Å². The summed E-state index contributed by atoms with van der Waals surface area (Å²) in [5, 5.41) is 15.0. The van der Waals surface area contributed by atoms with E-state index in [1.54, 1.807) is 4.68 Å². The fraction of sp³-hybridized carbons (Fsp3) is 0.741. The molecular formula is C27H42N6O2. The van der Waals surface area contributed by atoms with Crippen LogP contribution in [0.5, 0.6) is 0 Å². The van der Waals surface area contributed by atoms with Gasteiger partial charge in [-0.05, 0) is 76.2 Å². The number of nitrogens with zero attached hydrogens (tertiary/aromatic N) is 6. The number of rotatable bonds is 8. The molecule has 0 spiro atoms. The van der Waals surface area contributed by atoms with Gasteiger partial charge < -0.3 is 14.9 Å². The number of likely N-dealkylation sites (tertiary alicyclic amines) is 2. The Hall–Kier alpha value is -2.03. The highest BCUT2D eigenvalue weighted by atomic mass is 16.3. The third-order valence-electron chi connectivity index (χ3n) is 8.46. The van der Waals surface area contributed by atoms with Crippen LogP contribution in [0.15, 0.2) is 12.1 Å². The molecule has 1 N–H and O–H groups in total. The summed E-state index contributed by atoms with van der Waals surface area (Å²) in [6.07, 6.45) is 10.1. The number of hydrogen-bond acceptors (Lipinski definition) is 7. The number of Topliss-reactive ketones (excluding diaryl/α,β-unsaturated/α-hetero) is 1. The minimum atomic E-state index is 0.154. The molecule has 2 aromatic rings. The summed E-state index contributed by atoms with van der Waals surface area (Å²) in [5.41, 5.74) is 1.40. The van der Waals surface area contributed by atoms with E-state index in [2.05, 4.69) is 31.9 Å². The lowest BCUT2D eigenvalue weighted by atomic mass is 9.90. The van der Waals surface area contributed by atoms with Gasteiger partial charge in [-0.1, -0.05) is 12.8 Å². The molecule has 5 rings (SSSR count). The Morgan fingerprint density at radius 3 is 2.49 bits per heavy atom. The summed E-state index contributed by atoms with van der Waals surface area (Å²) < 4.78 is 1.78. The van der Waals surface area contributed by atoms with Crippen molar-refractivity contribution >= 4 is 22.6 Å². The van der Waals surface area contributed by atoms with E-state index in [0.29, 0.717) is 24.1 Å². The van der Waals surface area contributed by atoms with Gasteiger partial charge in [0.05, 0.1) is 12.0 Å². The number of carbonyl (C=O) groups is 1. The molecule has 35 heavy (non-hydrogen) atoms. The van der Waals surface area contributed by atoms with Crippen LogP contribution in [0.4, 0.5) is 5.82 Å². The number of anilines is 1. The summed E-state index contributed by atoms with van der Waals surface area (Å²) in [7, 11) is 1.90. The van der Waals surface area contributed by atoms with Crippen LogP contribution in [-0.4, -0.2) is 93.9 Å².